The van der Waals surface area contributed by atoms with Gasteiger partial charge in [0.05, 0.1) is 18.6 Å². The average Bonchev–Trinajstić information content (AvgIpc) is 3.36. The molecule has 174 valence electrons. The van der Waals surface area contributed by atoms with Crippen LogP contribution in [0.1, 0.15) is 11.1 Å². The van der Waals surface area contributed by atoms with Crippen molar-refractivity contribution in [3.8, 4) is 16.9 Å². The summed E-state index contributed by atoms with van der Waals surface area (Å²) in [6.45, 7) is 0.475. The molecule has 0 bridgehead atoms. The van der Waals surface area contributed by atoms with E-state index in [1.807, 2.05) is 22.9 Å². The van der Waals surface area contributed by atoms with Crippen LogP contribution in [0.5, 0.6) is 5.75 Å². The summed E-state index contributed by atoms with van der Waals surface area (Å²) in [4.78, 5) is 16.1. The normalized spacial score (nSPS) is 11.1. The maximum atomic E-state index is 13.1. The lowest BCUT2D eigenvalue weighted by Crippen LogP contribution is -2.31. The number of rotatable bonds is 8. The Labute approximate surface area is 197 Å². The molecule has 0 atom stereocenters. The zero-order chi connectivity index (χ0) is 24.0. The van der Waals surface area contributed by atoms with E-state index in [-0.39, 0.29) is 11.5 Å². The Morgan fingerprint density at radius 1 is 1.00 bits per heavy atom. The number of nitrogens with one attached hydrogen (secondary N) is 1. The molecule has 0 saturated heterocycles. The minimum Gasteiger partial charge on any atom is -0.497 e. The summed E-state index contributed by atoms with van der Waals surface area (Å²) < 4.78 is 40.1. The van der Waals surface area contributed by atoms with Gasteiger partial charge in [-0.3, -0.25) is 0 Å². The number of hydrogen-bond acceptors (Lipinski definition) is 7. The quantitative estimate of drug-likeness (QED) is 0.412. The predicted molar refractivity (Wildman–Crippen MR) is 125 cm³/mol. The molecular weight excluding hydrogens is 456 g/mol. The number of hydrogen-bond donors (Lipinski definition) is 1. The van der Waals surface area contributed by atoms with E-state index in [9.17, 15) is 13.2 Å². The zero-order valence-corrected chi connectivity index (χ0v) is 19.1. The fourth-order valence-corrected chi connectivity index (χ4v) is 4.41. The van der Waals surface area contributed by atoms with Crippen LogP contribution in [0.25, 0.3) is 11.1 Å². The molecular formula is C24H22N4O5S. The van der Waals surface area contributed by atoms with Crippen molar-refractivity contribution >= 4 is 16.1 Å². The van der Waals surface area contributed by atoms with Crippen molar-refractivity contribution in [2.75, 3.05) is 7.11 Å². The van der Waals surface area contributed by atoms with E-state index in [1.54, 1.807) is 53.5 Å². The summed E-state index contributed by atoms with van der Waals surface area (Å²) in [5.41, 5.74) is 2.73. The summed E-state index contributed by atoms with van der Waals surface area (Å²) in [5.74, 6) is 0.479. The van der Waals surface area contributed by atoms with Gasteiger partial charge in [0, 0.05) is 5.56 Å². The highest BCUT2D eigenvalue weighted by Crippen LogP contribution is 2.31. The average molecular weight is 479 g/mol. The van der Waals surface area contributed by atoms with Crippen LogP contribution in [0.15, 0.2) is 90.3 Å². The van der Waals surface area contributed by atoms with Crippen molar-refractivity contribution in [1.29, 1.82) is 0 Å². The Kier molecular flexibility index (Phi) is 6.88. The molecule has 3 aromatic carbocycles. The first kappa shape index (κ1) is 23.0. The Hall–Kier alpha value is -4.18. The van der Waals surface area contributed by atoms with Gasteiger partial charge in [-0.2, -0.15) is 5.10 Å². The molecule has 34 heavy (non-hydrogen) atoms. The van der Waals surface area contributed by atoms with Crippen molar-refractivity contribution < 1.29 is 22.7 Å². The number of benzene rings is 3. The standard InChI is InChI=1S/C24H22N4O5S/c1-32-21-11-12-23(34(30,31)27-24(29)33-15-19-5-3-2-4-6-19)22(13-21)20-9-7-18(8-10-20)14-28-17-25-16-26-28/h2-13,16-17H,14-15H2,1H3,(H,27,29). The van der Waals surface area contributed by atoms with Gasteiger partial charge in [0.1, 0.15) is 25.0 Å². The molecule has 0 radical (unpaired) electrons. The first-order valence-corrected chi connectivity index (χ1v) is 11.8. The van der Waals surface area contributed by atoms with Crippen LogP contribution in [0, 0.1) is 0 Å². The van der Waals surface area contributed by atoms with Crippen LogP contribution in [-0.4, -0.2) is 36.4 Å². The maximum absolute atomic E-state index is 13.1. The Morgan fingerprint density at radius 2 is 1.76 bits per heavy atom. The van der Waals surface area contributed by atoms with E-state index >= 15 is 0 Å². The molecule has 0 fully saturated rings. The zero-order valence-electron chi connectivity index (χ0n) is 18.3. The summed E-state index contributed by atoms with van der Waals surface area (Å²) in [5, 5.41) is 4.08. The number of amides is 1. The highest BCUT2D eigenvalue weighted by Gasteiger charge is 2.23. The van der Waals surface area contributed by atoms with Crippen molar-refractivity contribution in [3.63, 3.8) is 0 Å². The topological polar surface area (TPSA) is 112 Å². The molecule has 0 saturated carbocycles. The molecule has 4 aromatic rings. The summed E-state index contributed by atoms with van der Waals surface area (Å²) >= 11 is 0. The molecule has 1 aromatic heterocycles. The summed E-state index contributed by atoms with van der Waals surface area (Å²) in [6.07, 6.45) is 2.01. The molecule has 0 aliphatic rings. The summed E-state index contributed by atoms with van der Waals surface area (Å²) in [6, 6.07) is 20.8. The third kappa shape index (κ3) is 5.59. The van der Waals surface area contributed by atoms with Crippen molar-refractivity contribution in [2.45, 2.75) is 18.0 Å². The molecule has 10 heteroatoms. The number of carbonyl (C=O) groups excluding carboxylic acids is 1. The van der Waals surface area contributed by atoms with Crippen LogP contribution in [-0.2, 0) is 27.9 Å². The highest BCUT2D eigenvalue weighted by atomic mass is 32.2. The third-order valence-corrected chi connectivity index (χ3v) is 6.35. The van der Waals surface area contributed by atoms with Crippen LogP contribution in [0.2, 0.25) is 0 Å². The second kappa shape index (κ2) is 10.2. The van der Waals surface area contributed by atoms with E-state index in [0.29, 0.717) is 23.4 Å². The summed E-state index contributed by atoms with van der Waals surface area (Å²) in [7, 11) is -2.73. The minimum atomic E-state index is -4.22. The molecule has 0 spiro atoms. The largest absolute Gasteiger partial charge is 0.497 e. The van der Waals surface area contributed by atoms with Crippen LogP contribution < -0.4 is 9.46 Å². The monoisotopic (exact) mass is 478 g/mol. The first-order valence-electron chi connectivity index (χ1n) is 10.3. The van der Waals surface area contributed by atoms with Gasteiger partial charge >= 0.3 is 6.09 Å². The lowest BCUT2D eigenvalue weighted by Gasteiger charge is -2.14. The van der Waals surface area contributed by atoms with Gasteiger partial charge in [0.25, 0.3) is 10.0 Å². The second-order valence-corrected chi connectivity index (χ2v) is 8.97. The highest BCUT2D eigenvalue weighted by molar-refractivity contribution is 7.90. The van der Waals surface area contributed by atoms with Gasteiger partial charge in [0.2, 0.25) is 0 Å². The number of aromatic nitrogens is 3. The SMILES string of the molecule is COc1ccc(S(=O)(=O)NC(=O)OCc2ccccc2)c(-c2ccc(Cn3cncn3)cc2)c1. The fourth-order valence-electron chi connectivity index (χ4n) is 3.30. The van der Waals surface area contributed by atoms with Gasteiger partial charge in [-0.25, -0.2) is 27.6 Å². The van der Waals surface area contributed by atoms with E-state index in [0.717, 1.165) is 11.1 Å². The van der Waals surface area contributed by atoms with E-state index in [1.165, 1.54) is 25.6 Å². The van der Waals surface area contributed by atoms with Gasteiger partial charge in [-0.1, -0.05) is 54.6 Å². The van der Waals surface area contributed by atoms with Crippen LogP contribution in [0.4, 0.5) is 4.79 Å². The molecule has 0 aliphatic heterocycles. The Morgan fingerprint density at radius 3 is 2.44 bits per heavy atom. The van der Waals surface area contributed by atoms with Crippen molar-refractivity contribution in [1.82, 2.24) is 19.5 Å². The molecule has 1 N–H and O–H groups in total. The number of carbonyl (C=O) groups is 1. The number of methoxy groups -OCH3 is 1. The van der Waals surface area contributed by atoms with Crippen LogP contribution >= 0.6 is 0 Å². The lowest BCUT2D eigenvalue weighted by molar-refractivity contribution is 0.146. The Balaban J connectivity index is 1.56. The molecule has 9 nitrogen and oxygen atoms in total. The lowest BCUT2D eigenvalue weighted by atomic mass is 10.0. The third-order valence-electron chi connectivity index (χ3n) is 4.98. The number of nitrogens with zero attached hydrogens (tertiary/aromatic N) is 3. The maximum Gasteiger partial charge on any atom is 0.421 e. The van der Waals surface area contributed by atoms with E-state index in [4.69, 9.17) is 9.47 Å². The van der Waals surface area contributed by atoms with Gasteiger partial charge in [0.15, 0.2) is 0 Å². The van der Waals surface area contributed by atoms with Gasteiger partial charge in [-0.05, 0) is 34.9 Å². The number of sulfonamides is 1. The van der Waals surface area contributed by atoms with E-state index < -0.39 is 16.1 Å². The molecule has 4 rings (SSSR count). The van der Waals surface area contributed by atoms with Crippen molar-refractivity contribution in [3.05, 3.63) is 96.6 Å². The fraction of sp³-hybridized carbons (Fsp3) is 0.125. The van der Waals surface area contributed by atoms with Crippen LogP contribution in [0.3, 0.4) is 0 Å². The molecule has 0 aliphatic carbocycles. The van der Waals surface area contributed by atoms with Gasteiger partial charge < -0.3 is 9.47 Å². The second-order valence-electron chi connectivity index (χ2n) is 7.32. The molecule has 1 heterocycles. The molecule has 0 unspecified atom stereocenters. The minimum absolute atomic E-state index is 0.0507. The molecule has 1 amide bonds. The number of ether oxygens (including phenoxy) is 2. The first-order chi connectivity index (χ1) is 16.4. The van der Waals surface area contributed by atoms with Gasteiger partial charge in [-0.15, -0.1) is 0 Å². The van der Waals surface area contributed by atoms with E-state index in [2.05, 4.69) is 10.1 Å². The smallest absolute Gasteiger partial charge is 0.421 e. The Bertz CT molecular complexity index is 1360. The predicted octanol–water partition coefficient (Wildman–Crippen LogP) is 3.62. The van der Waals surface area contributed by atoms with Crippen molar-refractivity contribution in [2.24, 2.45) is 0 Å².